The minimum atomic E-state index is -2.64. The van der Waals surface area contributed by atoms with Gasteiger partial charge in [-0.1, -0.05) is 6.92 Å². The van der Waals surface area contributed by atoms with Gasteiger partial charge in [0.15, 0.2) is 11.6 Å². The summed E-state index contributed by atoms with van der Waals surface area (Å²) < 4.78 is 25.8. The average molecular weight is 191 g/mol. The molecule has 0 aliphatic carbocycles. The molecule has 0 aromatic carbocycles. The van der Waals surface area contributed by atoms with E-state index in [1.165, 1.54) is 4.57 Å². The van der Waals surface area contributed by atoms with Crippen LogP contribution in [0.25, 0.3) is 0 Å². The predicted octanol–water partition coefficient (Wildman–Crippen LogP) is 1.12. The molecule has 6 heteroatoms. The molecule has 74 valence electrons. The van der Waals surface area contributed by atoms with Crippen LogP contribution in [0.5, 0.6) is 0 Å². The summed E-state index contributed by atoms with van der Waals surface area (Å²) in [5, 5.41) is 15.5. The quantitative estimate of drug-likeness (QED) is 0.775. The molecule has 0 atom stereocenters. The van der Waals surface area contributed by atoms with E-state index in [9.17, 15) is 8.78 Å². The summed E-state index contributed by atoms with van der Waals surface area (Å²) in [5.74, 6) is -0.178. The Balaban J connectivity index is 2.99. The number of aliphatic hydroxyl groups excluding tert-OH is 1. The van der Waals surface area contributed by atoms with Crippen molar-refractivity contribution in [3.05, 3.63) is 11.6 Å². The van der Waals surface area contributed by atoms with Gasteiger partial charge in [-0.25, -0.2) is 8.78 Å². The first kappa shape index (κ1) is 10.0. The van der Waals surface area contributed by atoms with Crippen molar-refractivity contribution < 1.29 is 13.9 Å². The molecule has 0 radical (unpaired) electrons. The molecule has 1 aromatic heterocycles. The molecule has 0 bridgehead atoms. The molecule has 4 nitrogen and oxygen atoms in total. The largest absolute Gasteiger partial charge is 0.388 e. The summed E-state index contributed by atoms with van der Waals surface area (Å²) in [5.41, 5.74) is 0. The van der Waals surface area contributed by atoms with Gasteiger partial charge in [-0.05, 0) is 6.42 Å². The smallest absolute Gasteiger partial charge is 0.297 e. The standard InChI is InChI=1S/C7H11F2N3O/c1-2-3-12-5(4-13)10-11-7(12)6(8)9/h6,13H,2-4H2,1H3. The number of rotatable bonds is 4. The lowest BCUT2D eigenvalue weighted by Crippen LogP contribution is -2.07. The van der Waals surface area contributed by atoms with Crippen molar-refractivity contribution in [2.45, 2.75) is 32.9 Å². The number of halogens is 2. The molecule has 0 spiro atoms. The van der Waals surface area contributed by atoms with Crippen LogP contribution < -0.4 is 0 Å². The second-order valence-corrected chi connectivity index (χ2v) is 2.58. The Morgan fingerprint density at radius 1 is 1.46 bits per heavy atom. The minimum Gasteiger partial charge on any atom is -0.388 e. The van der Waals surface area contributed by atoms with E-state index >= 15 is 0 Å². The van der Waals surface area contributed by atoms with Crippen molar-refractivity contribution in [1.82, 2.24) is 14.8 Å². The Labute approximate surface area is 74.2 Å². The monoisotopic (exact) mass is 191 g/mol. The van der Waals surface area contributed by atoms with E-state index in [-0.39, 0.29) is 18.3 Å². The summed E-state index contributed by atoms with van der Waals surface area (Å²) in [6.45, 7) is 1.90. The molecule has 1 rings (SSSR count). The lowest BCUT2D eigenvalue weighted by atomic mass is 10.4. The van der Waals surface area contributed by atoms with Crippen LogP contribution in [0.3, 0.4) is 0 Å². The minimum absolute atomic E-state index is 0.192. The Hall–Kier alpha value is -1.04. The first-order chi connectivity index (χ1) is 6.20. The molecule has 0 saturated heterocycles. The first-order valence-electron chi connectivity index (χ1n) is 4.01. The van der Waals surface area contributed by atoms with Crippen LogP contribution in [0.4, 0.5) is 8.78 Å². The van der Waals surface area contributed by atoms with Crippen molar-refractivity contribution >= 4 is 0 Å². The van der Waals surface area contributed by atoms with Crippen LogP contribution in [-0.2, 0) is 13.2 Å². The molecule has 0 aliphatic heterocycles. The second-order valence-electron chi connectivity index (χ2n) is 2.58. The van der Waals surface area contributed by atoms with E-state index in [1.807, 2.05) is 6.92 Å². The third kappa shape index (κ3) is 2.00. The molecule has 1 N–H and O–H groups in total. The zero-order chi connectivity index (χ0) is 9.84. The topological polar surface area (TPSA) is 50.9 Å². The van der Waals surface area contributed by atoms with Crippen molar-refractivity contribution in [1.29, 1.82) is 0 Å². The maximum Gasteiger partial charge on any atom is 0.297 e. The number of aliphatic hydroxyl groups is 1. The normalized spacial score (nSPS) is 11.2. The summed E-state index contributed by atoms with van der Waals surface area (Å²) >= 11 is 0. The van der Waals surface area contributed by atoms with Crippen LogP contribution in [0.2, 0.25) is 0 Å². The van der Waals surface area contributed by atoms with Crippen LogP contribution in [0.15, 0.2) is 0 Å². The van der Waals surface area contributed by atoms with Gasteiger partial charge in [0.2, 0.25) is 0 Å². The molecule has 0 fully saturated rings. The van der Waals surface area contributed by atoms with Gasteiger partial charge in [0.1, 0.15) is 6.61 Å². The van der Waals surface area contributed by atoms with Gasteiger partial charge in [-0.15, -0.1) is 10.2 Å². The van der Waals surface area contributed by atoms with Crippen LogP contribution >= 0.6 is 0 Å². The molecule has 0 saturated carbocycles. The summed E-state index contributed by atoms with van der Waals surface area (Å²) in [4.78, 5) is 0. The third-order valence-electron chi connectivity index (χ3n) is 1.64. The molecule has 0 unspecified atom stereocenters. The van der Waals surface area contributed by atoms with Crippen molar-refractivity contribution in [3.8, 4) is 0 Å². The highest BCUT2D eigenvalue weighted by atomic mass is 19.3. The Morgan fingerprint density at radius 3 is 2.62 bits per heavy atom. The highest BCUT2D eigenvalue weighted by Gasteiger charge is 2.18. The van der Waals surface area contributed by atoms with E-state index in [2.05, 4.69) is 10.2 Å². The average Bonchev–Trinajstić information content (AvgIpc) is 2.48. The fourth-order valence-electron chi connectivity index (χ4n) is 1.09. The molecule has 0 amide bonds. The highest BCUT2D eigenvalue weighted by molar-refractivity contribution is 4.95. The molecular weight excluding hydrogens is 180 g/mol. The zero-order valence-corrected chi connectivity index (χ0v) is 7.24. The van der Waals surface area contributed by atoms with Gasteiger partial charge in [-0.3, -0.25) is 0 Å². The molecule has 13 heavy (non-hydrogen) atoms. The second kappa shape index (κ2) is 4.27. The molecule has 0 aliphatic rings. The van der Waals surface area contributed by atoms with Gasteiger partial charge in [0.05, 0.1) is 0 Å². The fraction of sp³-hybridized carbons (Fsp3) is 0.714. The molecular formula is C7H11F2N3O. The van der Waals surface area contributed by atoms with E-state index in [0.29, 0.717) is 13.0 Å². The van der Waals surface area contributed by atoms with Crippen molar-refractivity contribution in [2.75, 3.05) is 0 Å². The van der Waals surface area contributed by atoms with E-state index < -0.39 is 6.43 Å². The van der Waals surface area contributed by atoms with Gasteiger partial charge in [0.25, 0.3) is 6.43 Å². The fourth-order valence-corrected chi connectivity index (χ4v) is 1.09. The lowest BCUT2D eigenvalue weighted by Gasteiger charge is -2.05. The number of alkyl halides is 2. The zero-order valence-electron chi connectivity index (χ0n) is 7.24. The van der Waals surface area contributed by atoms with Crippen molar-refractivity contribution in [2.24, 2.45) is 0 Å². The van der Waals surface area contributed by atoms with Gasteiger partial charge >= 0.3 is 0 Å². The number of hydrogen-bond acceptors (Lipinski definition) is 3. The van der Waals surface area contributed by atoms with E-state index in [0.717, 1.165) is 0 Å². The van der Waals surface area contributed by atoms with Crippen LogP contribution in [0, 0.1) is 0 Å². The first-order valence-corrected chi connectivity index (χ1v) is 4.01. The predicted molar refractivity (Wildman–Crippen MR) is 41.2 cm³/mol. The van der Waals surface area contributed by atoms with Gasteiger partial charge < -0.3 is 9.67 Å². The summed E-state index contributed by atoms with van der Waals surface area (Å²) in [6, 6.07) is 0. The molecule has 1 aromatic rings. The number of nitrogens with zero attached hydrogens (tertiary/aromatic N) is 3. The highest BCUT2D eigenvalue weighted by Crippen LogP contribution is 2.17. The van der Waals surface area contributed by atoms with E-state index in [4.69, 9.17) is 5.11 Å². The number of hydrogen-bond donors (Lipinski definition) is 1. The SMILES string of the molecule is CCCn1c(CO)nnc1C(F)F. The van der Waals surface area contributed by atoms with Gasteiger partial charge in [-0.2, -0.15) is 0 Å². The molecule has 1 heterocycles. The van der Waals surface area contributed by atoms with Crippen LogP contribution in [-0.4, -0.2) is 19.9 Å². The van der Waals surface area contributed by atoms with E-state index in [1.54, 1.807) is 0 Å². The third-order valence-corrected chi connectivity index (χ3v) is 1.64. The van der Waals surface area contributed by atoms with Crippen molar-refractivity contribution in [3.63, 3.8) is 0 Å². The number of aromatic nitrogens is 3. The Kier molecular flexibility index (Phi) is 3.30. The summed E-state index contributed by atoms with van der Waals surface area (Å²) in [6.07, 6.45) is -1.94. The maximum absolute atomic E-state index is 12.3. The maximum atomic E-state index is 12.3. The summed E-state index contributed by atoms with van der Waals surface area (Å²) in [7, 11) is 0. The Morgan fingerprint density at radius 2 is 2.15 bits per heavy atom. The van der Waals surface area contributed by atoms with Crippen LogP contribution in [0.1, 0.15) is 31.4 Å². The van der Waals surface area contributed by atoms with Gasteiger partial charge in [0, 0.05) is 6.54 Å². The lowest BCUT2D eigenvalue weighted by molar-refractivity contribution is 0.133. The Bertz CT molecular complexity index is 275.